The van der Waals surface area contributed by atoms with Gasteiger partial charge in [-0.05, 0) is 49.0 Å². The van der Waals surface area contributed by atoms with Gasteiger partial charge in [0, 0.05) is 32.6 Å². The molecule has 1 heterocycles. The van der Waals surface area contributed by atoms with Crippen molar-refractivity contribution in [3.8, 4) is 0 Å². The van der Waals surface area contributed by atoms with Crippen molar-refractivity contribution in [3.63, 3.8) is 0 Å². The van der Waals surface area contributed by atoms with Crippen molar-refractivity contribution < 1.29 is 37.5 Å². The van der Waals surface area contributed by atoms with Crippen LogP contribution in [-0.4, -0.2) is 103 Å². The molecular formula is C35H53F2N7O6. The van der Waals surface area contributed by atoms with Crippen molar-refractivity contribution in [3.05, 3.63) is 35.9 Å². The molecule has 0 bridgehead atoms. The van der Waals surface area contributed by atoms with Crippen molar-refractivity contribution in [1.82, 2.24) is 36.4 Å². The van der Waals surface area contributed by atoms with Crippen molar-refractivity contribution in [2.75, 3.05) is 27.2 Å². The predicted octanol–water partition coefficient (Wildman–Crippen LogP) is 2.18. The molecule has 1 saturated heterocycles. The Labute approximate surface area is 293 Å². The van der Waals surface area contributed by atoms with E-state index in [0.29, 0.717) is 5.56 Å². The van der Waals surface area contributed by atoms with Crippen LogP contribution >= 0.6 is 0 Å². The molecule has 1 aromatic rings. The Morgan fingerprint density at radius 3 is 2.06 bits per heavy atom. The molecule has 5 N–H and O–H groups in total. The molecule has 0 radical (unpaired) electrons. The number of nitrogens with one attached hydrogen (secondary N) is 5. The largest absolute Gasteiger partial charge is 0.347 e. The second kappa shape index (κ2) is 15.3. The van der Waals surface area contributed by atoms with Crippen LogP contribution in [0.3, 0.4) is 0 Å². The van der Waals surface area contributed by atoms with E-state index in [-0.39, 0.29) is 23.8 Å². The summed E-state index contributed by atoms with van der Waals surface area (Å²) >= 11 is 0. The van der Waals surface area contributed by atoms with Crippen LogP contribution in [0, 0.1) is 22.7 Å². The van der Waals surface area contributed by atoms with Crippen molar-refractivity contribution in [2.45, 2.75) is 97.9 Å². The zero-order valence-electron chi connectivity index (χ0n) is 30.6. The summed E-state index contributed by atoms with van der Waals surface area (Å²) in [6.07, 6.45) is -4.02. The molecule has 13 nitrogen and oxygen atoms in total. The Kier molecular flexibility index (Phi) is 12.3. The first-order valence-corrected chi connectivity index (χ1v) is 16.8. The van der Waals surface area contributed by atoms with Gasteiger partial charge in [0.2, 0.25) is 36.0 Å². The van der Waals surface area contributed by atoms with Crippen LogP contribution in [0.15, 0.2) is 30.3 Å². The number of piperidine rings is 1. The molecule has 0 aromatic heterocycles. The van der Waals surface area contributed by atoms with E-state index in [1.54, 1.807) is 71.9 Å². The summed E-state index contributed by atoms with van der Waals surface area (Å²) in [5.74, 6) is -3.85. The topological polar surface area (TPSA) is 169 Å². The van der Waals surface area contributed by atoms with Crippen molar-refractivity contribution >= 4 is 35.6 Å². The van der Waals surface area contributed by atoms with Crippen LogP contribution in [0.5, 0.6) is 0 Å². The number of likely N-dealkylation sites (tertiary alicyclic amines) is 1. The number of amides is 7. The van der Waals surface area contributed by atoms with Crippen LogP contribution in [-0.2, 0) is 24.0 Å². The van der Waals surface area contributed by atoms with Crippen LogP contribution < -0.4 is 26.6 Å². The minimum atomic E-state index is -2.98. The van der Waals surface area contributed by atoms with Gasteiger partial charge in [-0.2, -0.15) is 0 Å². The van der Waals surface area contributed by atoms with Gasteiger partial charge in [-0.25, -0.2) is 13.6 Å². The monoisotopic (exact) mass is 705 g/mol. The first-order valence-electron chi connectivity index (χ1n) is 16.8. The summed E-state index contributed by atoms with van der Waals surface area (Å²) in [7, 11) is 3.05. The first kappa shape index (κ1) is 40.1. The molecule has 7 amide bonds. The predicted molar refractivity (Wildman–Crippen MR) is 183 cm³/mol. The van der Waals surface area contributed by atoms with Gasteiger partial charge in [0.25, 0.3) is 0 Å². The van der Waals surface area contributed by atoms with E-state index < -0.39 is 90.1 Å². The maximum atomic E-state index is 14.1. The molecule has 2 unspecified atom stereocenters. The summed E-state index contributed by atoms with van der Waals surface area (Å²) < 4.78 is 27.4. The van der Waals surface area contributed by atoms with Crippen molar-refractivity contribution in [1.29, 1.82) is 0 Å². The molecule has 50 heavy (non-hydrogen) atoms. The van der Waals surface area contributed by atoms with E-state index in [1.807, 2.05) is 13.8 Å². The van der Waals surface area contributed by atoms with Crippen LogP contribution in [0.25, 0.3) is 0 Å². The number of nitrogens with zero attached hydrogens (tertiary/aromatic N) is 2. The Morgan fingerprint density at radius 1 is 0.940 bits per heavy atom. The van der Waals surface area contributed by atoms with E-state index in [9.17, 15) is 37.5 Å². The van der Waals surface area contributed by atoms with Gasteiger partial charge in [0.1, 0.15) is 24.2 Å². The van der Waals surface area contributed by atoms with E-state index in [4.69, 9.17) is 0 Å². The van der Waals surface area contributed by atoms with Gasteiger partial charge in [-0.1, -0.05) is 65.0 Å². The van der Waals surface area contributed by atoms with Gasteiger partial charge in [-0.3, -0.25) is 24.0 Å². The third kappa shape index (κ3) is 9.90. The normalized spacial score (nSPS) is 21.2. The number of hydrogen-bond donors (Lipinski definition) is 5. The lowest BCUT2D eigenvalue weighted by atomic mass is 9.85. The number of carbonyl (C=O) groups is 6. The number of fused-ring (bicyclic) bond motifs is 1. The fraction of sp³-hybridized carbons (Fsp3) is 0.657. The third-order valence-electron chi connectivity index (χ3n) is 9.23. The molecule has 1 saturated carbocycles. The zero-order valence-corrected chi connectivity index (χ0v) is 30.6. The molecule has 2 aliphatic rings. The summed E-state index contributed by atoms with van der Waals surface area (Å²) in [6.45, 7) is 14.2. The highest BCUT2D eigenvalue weighted by Crippen LogP contribution is 2.65. The molecule has 1 aromatic carbocycles. The molecule has 0 spiro atoms. The summed E-state index contributed by atoms with van der Waals surface area (Å²) in [5, 5.41) is 12.8. The van der Waals surface area contributed by atoms with Crippen LogP contribution in [0.1, 0.15) is 73.4 Å². The average molecular weight is 706 g/mol. The Bertz CT molecular complexity index is 1440. The lowest BCUT2D eigenvalue weighted by Crippen LogP contribution is -2.62. The Hall–Kier alpha value is -4.30. The highest BCUT2D eigenvalue weighted by Gasteiger charge is 2.70. The van der Waals surface area contributed by atoms with E-state index >= 15 is 0 Å². The number of benzene rings is 1. The summed E-state index contributed by atoms with van der Waals surface area (Å²) in [4.78, 5) is 82.3. The Balaban J connectivity index is 1.77. The summed E-state index contributed by atoms with van der Waals surface area (Å²) in [5.41, 5.74) is -1.16. The minimum absolute atomic E-state index is 0.0558. The summed E-state index contributed by atoms with van der Waals surface area (Å²) in [6, 6.07) is 3.00. The third-order valence-corrected chi connectivity index (χ3v) is 9.23. The van der Waals surface area contributed by atoms with Gasteiger partial charge < -0.3 is 36.4 Å². The highest BCUT2D eigenvalue weighted by atomic mass is 19.3. The average Bonchev–Trinajstić information content (AvgIpc) is 3.30. The van der Waals surface area contributed by atoms with Crippen LogP contribution in [0.2, 0.25) is 0 Å². The molecule has 15 heteroatoms. The van der Waals surface area contributed by atoms with Gasteiger partial charge >= 0.3 is 6.03 Å². The molecule has 1 aliphatic carbocycles. The van der Waals surface area contributed by atoms with Gasteiger partial charge in [0.15, 0.2) is 0 Å². The van der Waals surface area contributed by atoms with E-state index in [2.05, 4.69) is 26.6 Å². The molecule has 1 aliphatic heterocycles. The minimum Gasteiger partial charge on any atom is -0.347 e. The van der Waals surface area contributed by atoms with Gasteiger partial charge in [-0.15, -0.1) is 0 Å². The fourth-order valence-corrected chi connectivity index (χ4v) is 6.50. The van der Waals surface area contributed by atoms with Crippen molar-refractivity contribution in [2.24, 2.45) is 22.7 Å². The zero-order chi connectivity index (χ0) is 37.9. The number of hydrogen-bond acceptors (Lipinski definition) is 6. The molecule has 2 fully saturated rings. The smallest absolute Gasteiger partial charge is 0.315 e. The Morgan fingerprint density at radius 2 is 1.54 bits per heavy atom. The van der Waals surface area contributed by atoms with E-state index in [0.717, 1.165) is 0 Å². The number of carbonyl (C=O) groups excluding carboxylic acids is 6. The quantitative estimate of drug-likeness (QED) is 0.223. The molecular weight excluding hydrogens is 652 g/mol. The lowest BCUT2D eigenvalue weighted by Gasteiger charge is -2.38. The number of urea groups is 1. The molecule has 6 atom stereocenters. The SMILES string of the molecule is CN(C)C(=O)[C@@H](NC(=O)CNC(=O)[C@H](CC(F)F)NC(=O)[C@@H]1C2C(CN1C(=O)[C@@H](NC(=O)NC(C)(C)C)C(C)(C)C)C2(C)C)c1ccccc1. The standard InChI is InChI=1S/C35H53F2N7O6/c1-33(2,3)27(41-32(50)42-34(4,5)6)31(49)44-18-20-24(35(20,7)8)26(44)29(47)39-21(16-22(36)37)28(46)38-17-23(45)40-25(30(48)43(9)10)19-14-12-11-13-15-19/h11-15,20-22,24-27H,16-18H2,1-10H3,(H,38,46)(H,39,47)(H,40,45)(H2,41,42,50)/t20?,21-,24?,25-,26-,27+/m0/s1. The number of likely N-dealkylation sites (N-methyl/N-ethyl adjacent to an activating group) is 1. The second-order valence-electron chi connectivity index (χ2n) is 16.1. The van der Waals surface area contributed by atoms with Gasteiger partial charge in [0.05, 0.1) is 6.54 Å². The molecule has 3 rings (SSSR count). The lowest BCUT2D eigenvalue weighted by molar-refractivity contribution is -0.144. The first-order chi connectivity index (χ1) is 23.0. The fourth-order valence-electron chi connectivity index (χ4n) is 6.50. The molecule has 278 valence electrons. The maximum absolute atomic E-state index is 14.1. The highest BCUT2D eigenvalue weighted by molar-refractivity contribution is 5.97. The number of rotatable bonds is 12. The second-order valence-corrected chi connectivity index (χ2v) is 16.1. The maximum Gasteiger partial charge on any atom is 0.315 e. The van der Waals surface area contributed by atoms with E-state index in [1.165, 1.54) is 23.9 Å². The number of alkyl halides is 2. The number of halogens is 2. The van der Waals surface area contributed by atoms with Crippen LogP contribution in [0.4, 0.5) is 13.6 Å².